The van der Waals surface area contributed by atoms with Crippen LogP contribution in [0, 0.1) is 5.82 Å². The van der Waals surface area contributed by atoms with Crippen LogP contribution in [0.2, 0.25) is 0 Å². The maximum absolute atomic E-state index is 15.1. The van der Waals surface area contributed by atoms with E-state index in [0.29, 0.717) is 13.1 Å². The van der Waals surface area contributed by atoms with Crippen molar-refractivity contribution in [1.29, 1.82) is 0 Å². The standard InChI is InChI=1S/C33H47FN6O3.ClH/c1-33(2,3)40-31(41)27-21-28(34)30(38-19-9-18-37-16-7-6-15-36-17-8-14-35)22-29(27)39-32(42)43-23-24-12-13-25-10-4-5-11-26(25)20-24;/h4-5,10-13,20-22,36-38H,6-9,14-19,23,35H2,1-3H3,(H,39,42)(H,40,41);1H. The molecule has 9 nitrogen and oxygen atoms in total. The Hall–Kier alpha value is -3.44. The normalized spacial score (nSPS) is 11.1. The van der Waals surface area contributed by atoms with Crippen LogP contribution < -0.4 is 32.3 Å². The Bertz CT molecular complexity index is 1330. The highest BCUT2D eigenvalue weighted by Gasteiger charge is 2.22. The summed E-state index contributed by atoms with van der Waals surface area (Å²) < 4.78 is 20.5. The van der Waals surface area contributed by atoms with Crippen molar-refractivity contribution in [1.82, 2.24) is 16.0 Å². The van der Waals surface area contributed by atoms with E-state index in [0.717, 1.165) is 74.3 Å². The summed E-state index contributed by atoms with van der Waals surface area (Å²) in [6, 6.07) is 16.3. The molecule has 0 aromatic heterocycles. The molecule has 242 valence electrons. The van der Waals surface area contributed by atoms with Crippen LogP contribution in [0.25, 0.3) is 10.8 Å². The average molecular weight is 631 g/mol. The minimum Gasteiger partial charge on any atom is -0.444 e. The predicted molar refractivity (Wildman–Crippen MR) is 180 cm³/mol. The number of hydrogen-bond acceptors (Lipinski definition) is 7. The number of nitrogens with one attached hydrogen (secondary N) is 5. The van der Waals surface area contributed by atoms with Crippen LogP contribution in [0.1, 0.15) is 62.4 Å². The zero-order chi connectivity index (χ0) is 31.1. The molecule has 0 fully saturated rings. The number of fused-ring (bicyclic) bond motifs is 1. The van der Waals surface area contributed by atoms with Crippen LogP contribution in [-0.2, 0) is 11.3 Å². The van der Waals surface area contributed by atoms with Crippen molar-refractivity contribution in [3.8, 4) is 0 Å². The molecular weight excluding hydrogens is 583 g/mol. The van der Waals surface area contributed by atoms with E-state index in [4.69, 9.17) is 10.5 Å². The maximum atomic E-state index is 15.1. The van der Waals surface area contributed by atoms with Gasteiger partial charge >= 0.3 is 6.09 Å². The molecule has 0 aliphatic heterocycles. The molecule has 3 rings (SSSR count). The Balaban J connectivity index is 0.00000675. The fourth-order valence-electron chi connectivity index (χ4n) is 4.44. The van der Waals surface area contributed by atoms with E-state index in [-0.39, 0.29) is 36.0 Å². The van der Waals surface area contributed by atoms with Gasteiger partial charge in [-0.3, -0.25) is 10.1 Å². The Morgan fingerprint density at radius 2 is 1.48 bits per heavy atom. The van der Waals surface area contributed by atoms with Gasteiger partial charge in [0.1, 0.15) is 12.4 Å². The molecule has 44 heavy (non-hydrogen) atoms. The molecule has 0 unspecified atom stereocenters. The predicted octanol–water partition coefficient (Wildman–Crippen LogP) is 5.79. The summed E-state index contributed by atoms with van der Waals surface area (Å²) in [6.07, 6.45) is 3.19. The van der Waals surface area contributed by atoms with Gasteiger partial charge in [0, 0.05) is 12.1 Å². The second-order valence-electron chi connectivity index (χ2n) is 11.6. The summed E-state index contributed by atoms with van der Waals surface area (Å²) in [6.45, 7) is 10.4. The lowest BCUT2D eigenvalue weighted by atomic mass is 10.1. The van der Waals surface area contributed by atoms with Crippen molar-refractivity contribution < 1.29 is 18.7 Å². The number of carbonyl (C=O) groups is 2. The molecule has 0 spiro atoms. The summed E-state index contributed by atoms with van der Waals surface area (Å²) in [7, 11) is 0. The zero-order valence-electron chi connectivity index (χ0n) is 26.1. The molecule has 0 heterocycles. The van der Waals surface area contributed by atoms with Crippen LogP contribution in [0.4, 0.5) is 20.6 Å². The number of anilines is 2. The van der Waals surface area contributed by atoms with Crippen molar-refractivity contribution in [2.45, 2.75) is 58.6 Å². The summed E-state index contributed by atoms with van der Waals surface area (Å²) in [4.78, 5) is 25.8. The molecule has 7 N–H and O–H groups in total. The number of halogens is 2. The fraction of sp³-hybridized carbons (Fsp3) is 0.455. The largest absolute Gasteiger partial charge is 0.444 e. The van der Waals surface area contributed by atoms with Crippen LogP contribution in [-0.4, -0.2) is 56.8 Å². The number of unbranched alkanes of at least 4 members (excludes halogenated alkanes) is 1. The monoisotopic (exact) mass is 630 g/mol. The van der Waals surface area contributed by atoms with E-state index in [1.807, 2.05) is 63.2 Å². The molecule has 3 aromatic carbocycles. The van der Waals surface area contributed by atoms with E-state index in [1.165, 1.54) is 6.07 Å². The van der Waals surface area contributed by atoms with Crippen LogP contribution in [0.5, 0.6) is 0 Å². The van der Waals surface area contributed by atoms with Crippen molar-refractivity contribution in [3.05, 3.63) is 71.5 Å². The number of hydrogen-bond donors (Lipinski definition) is 6. The van der Waals surface area contributed by atoms with Gasteiger partial charge in [0.25, 0.3) is 5.91 Å². The molecule has 0 aliphatic rings. The van der Waals surface area contributed by atoms with E-state index in [9.17, 15) is 9.59 Å². The molecule has 0 saturated carbocycles. The number of benzene rings is 3. The third-order valence-corrected chi connectivity index (χ3v) is 6.62. The first-order chi connectivity index (χ1) is 20.7. The van der Waals surface area contributed by atoms with Crippen LogP contribution >= 0.6 is 12.4 Å². The highest BCUT2D eigenvalue weighted by Crippen LogP contribution is 2.26. The van der Waals surface area contributed by atoms with Gasteiger partial charge in [-0.15, -0.1) is 12.4 Å². The molecule has 0 atom stereocenters. The molecule has 0 radical (unpaired) electrons. The lowest BCUT2D eigenvalue weighted by Crippen LogP contribution is -2.41. The Kier molecular flexibility index (Phi) is 15.9. The van der Waals surface area contributed by atoms with Gasteiger partial charge in [-0.1, -0.05) is 36.4 Å². The molecule has 11 heteroatoms. The summed E-state index contributed by atoms with van der Waals surface area (Å²) >= 11 is 0. The van der Waals surface area contributed by atoms with E-state index < -0.39 is 23.4 Å². The van der Waals surface area contributed by atoms with Gasteiger partial charge in [0.05, 0.1) is 16.9 Å². The SMILES string of the molecule is CC(C)(C)NC(=O)c1cc(F)c(NCCCNCCCCNCCCN)cc1NC(=O)OCc1ccc2ccccc2c1.Cl. The Morgan fingerprint density at radius 1 is 0.818 bits per heavy atom. The maximum Gasteiger partial charge on any atom is 0.411 e. The molecule has 2 amide bonds. The minimum absolute atomic E-state index is 0. The Morgan fingerprint density at radius 3 is 2.16 bits per heavy atom. The van der Waals surface area contributed by atoms with Crippen molar-refractivity contribution in [3.63, 3.8) is 0 Å². The van der Waals surface area contributed by atoms with Gasteiger partial charge < -0.3 is 31.7 Å². The van der Waals surface area contributed by atoms with Gasteiger partial charge in [0.15, 0.2) is 0 Å². The first kappa shape index (κ1) is 36.8. The highest BCUT2D eigenvalue weighted by molar-refractivity contribution is 6.03. The van der Waals surface area contributed by atoms with Crippen molar-refractivity contribution in [2.24, 2.45) is 5.73 Å². The number of ether oxygens (including phenoxy) is 1. The van der Waals surface area contributed by atoms with E-state index >= 15 is 4.39 Å². The minimum atomic E-state index is -0.741. The third kappa shape index (κ3) is 13.1. The van der Waals surface area contributed by atoms with Crippen molar-refractivity contribution >= 4 is 46.6 Å². The molecule has 0 aliphatic carbocycles. The summed E-state index contributed by atoms with van der Waals surface area (Å²) in [5.41, 5.74) is 6.13. The number of rotatable bonds is 17. The highest BCUT2D eigenvalue weighted by atomic mass is 35.5. The Labute approximate surface area is 266 Å². The van der Waals surface area contributed by atoms with E-state index in [1.54, 1.807) is 0 Å². The van der Waals surface area contributed by atoms with Crippen LogP contribution in [0.15, 0.2) is 54.6 Å². The first-order valence-corrected chi connectivity index (χ1v) is 15.1. The lowest BCUT2D eigenvalue weighted by molar-refractivity contribution is 0.0920. The number of amides is 2. The average Bonchev–Trinajstić information content (AvgIpc) is 2.97. The second kappa shape index (κ2) is 19.1. The zero-order valence-corrected chi connectivity index (χ0v) is 26.9. The topological polar surface area (TPSA) is 130 Å². The summed E-state index contributed by atoms with van der Waals surface area (Å²) in [5, 5.41) is 17.5. The molecular formula is C33H48ClFN6O3. The quantitative estimate of drug-likeness (QED) is 0.104. The second-order valence-corrected chi connectivity index (χ2v) is 11.6. The van der Waals surface area contributed by atoms with Crippen molar-refractivity contribution in [2.75, 3.05) is 49.9 Å². The fourth-order valence-corrected chi connectivity index (χ4v) is 4.44. The third-order valence-electron chi connectivity index (χ3n) is 6.62. The number of carbonyl (C=O) groups excluding carboxylic acids is 2. The van der Waals surface area contributed by atoms with Gasteiger partial charge in [0.2, 0.25) is 0 Å². The molecule has 0 bridgehead atoms. The lowest BCUT2D eigenvalue weighted by Gasteiger charge is -2.22. The smallest absolute Gasteiger partial charge is 0.411 e. The summed E-state index contributed by atoms with van der Waals surface area (Å²) in [5.74, 6) is -1.08. The van der Waals surface area contributed by atoms with Crippen LogP contribution in [0.3, 0.4) is 0 Å². The van der Waals surface area contributed by atoms with Gasteiger partial charge in [-0.25, -0.2) is 9.18 Å². The van der Waals surface area contributed by atoms with Gasteiger partial charge in [-0.05, 0) is 114 Å². The van der Waals surface area contributed by atoms with Gasteiger partial charge in [-0.2, -0.15) is 0 Å². The molecule has 3 aromatic rings. The number of nitrogens with two attached hydrogens (primary N) is 1. The first-order valence-electron chi connectivity index (χ1n) is 15.1. The molecule has 0 saturated heterocycles. The van der Waals surface area contributed by atoms with E-state index in [2.05, 4.69) is 26.6 Å².